The molecule has 6 heteroatoms. The molecule has 1 aromatic carbocycles. The summed E-state index contributed by atoms with van der Waals surface area (Å²) in [5, 5.41) is 10.8. The Morgan fingerprint density at radius 3 is 2.55 bits per heavy atom. The van der Waals surface area contributed by atoms with Gasteiger partial charge in [0.25, 0.3) is 0 Å². The summed E-state index contributed by atoms with van der Waals surface area (Å²) < 4.78 is 4.53. The van der Waals surface area contributed by atoms with E-state index in [0.717, 1.165) is 5.56 Å². The number of ketones is 1. The second-order valence-corrected chi connectivity index (χ2v) is 3.92. The number of Topliss-reactive ketones (excluding diaryl/α,β-unsaturated/α-hetero) is 1. The minimum atomic E-state index is -1.95. The van der Waals surface area contributed by atoms with Crippen LogP contribution in [0.25, 0.3) is 6.08 Å². The van der Waals surface area contributed by atoms with E-state index in [1.807, 2.05) is 30.3 Å². The van der Waals surface area contributed by atoms with Gasteiger partial charge in [-0.2, -0.15) is 0 Å². The second kappa shape index (κ2) is 7.83. The molecule has 0 aromatic heterocycles. The van der Waals surface area contributed by atoms with Crippen molar-refractivity contribution in [2.45, 2.75) is 19.4 Å². The van der Waals surface area contributed by atoms with Crippen molar-refractivity contribution in [3.63, 3.8) is 0 Å². The first kappa shape index (κ1) is 15.6. The van der Waals surface area contributed by atoms with Crippen LogP contribution in [0.15, 0.2) is 36.4 Å². The average Bonchev–Trinajstić information content (AvgIpc) is 2.40. The summed E-state index contributed by atoms with van der Waals surface area (Å²) in [5.41, 5.74) is 0.870. The smallest absolute Gasteiger partial charge is 0.389 e. The van der Waals surface area contributed by atoms with Crippen LogP contribution in [-0.2, 0) is 14.3 Å². The van der Waals surface area contributed by atoms with Crippen molar-refractivity contribution in [1.82, 2.24) is 0 Å². The quantitative estimate of drug-likeness (QED) is 0.328. The molecule has 0 saturated heterocycles. The molecule has 0 N–H and O–H groups in total. The normalized spacial score (nSPS) is 12.1. The monoisotopic (exact) mass is 277 g/mol. The molecule has 0 aliphatic carbocycles. The summed E-state index contributed by atoms with van der Waals surface area (Å²) in [6.07, 6.45) is 2.97. The van der Waals surface area contributed by atoms with Gasteiger partial charge in [0.2, 0.25) is 5.78 Å². The molecule has 1 atom stereocenters. The van der Waals surface area contributed by atoms with E-state index < -0.39 is 22.7 Å². The van der Waals surface area contributed by atoms with E-state index in [4.69, 9.17) is 0 Å². The first-order valence-corrected chi connectivity index (χ1v) is 6.10. The van der Waals surface area contributed by atoms with Crippen LogP contribution in [0.5, 0.6) is 0 Å². The highest BCUT2D eigenvalue weighted by molar-refractivity contribution is 6.02. The second-order valence-electron chi connectivity index (χ2n) is 3.92. The number of hydrogen-bond acceptors (Lipinski definition) is 5. The van der Waals surface area contributed by atoms with Gasteiger partial charge in [-0.15, -0.1) is 0 Å². The Morgan fingerprint density at radius 2 is 2.00 bits per heavy atom. The number of esters is 1. The molecule has 0 saturated carbocycles. The number of benzene rings is 1. The van der Waals surface area contributed by atoms with Gasteiger partial charge in [0.15, 0.2) is 0 Å². The van der Waals surface area contributed by atoms with Crippen LogP contribution in [0, 0.1) is 10.1 Å². The van der Waals surface area contributed by atoms with Crippen LogP contribution in [0.4, 0.5) is 0 Å². The summed E-state index contributed by atoms with van der Waals surface area (Å²) in [7, 11) is 0. The van der Waals surface area contributed by atoms with Gasteiger partial charge >= 0.3 is 12.0 Å². The lowest BCUT2D eigenvalue weighted by atomic mass is 10.1. The molecule has 0 radical (unpaired) electrons. The Bertz CT molecular complexity index is 510. The number of hydrogen-bond donors (Lipinski definition) is 0. The number of ether oxygens (including phenoxy) is 1. The zero-order chi connectivity index (χ0) is 15.0. The number of carbonyl (C=O) groups excluding carboxylic acids is 2. The molecule has 20 heavy (non-hydrogen) atoms. The Balaban J connectivity index is 2.65. The zero-order valence-electron chi connectivity index (χ0n) is 11.0. The average molecular weight is 277 g/mol. The molecule has 6 nitrogen and oxygen atoms in total. The van der Waals surface area contributed by atoms with Crippen LogP contribution < -0.4 is 0 Å². The third-order valence-corrected chi connectivity index (χ3v) is 2.45. The number of nitrogens with zero attached hydrogens (tertiary/aromatic N) is 1. The summed E-state index contributed by atoms with van der Waals surface area (Å²) in [6, 6.07) is 7.23. The van der Waals surface area contributed by atoms with E-state index in [0.29, 0.717) is 0 Å². The lowest BCUT2D eigenvalue weighted by molar-refractivity contribution is -0.496. The molecule has 1 rings (SSSR count). The minimum Gasteiger partial charge on any atom is -0.461 e. The maximum Gasteiger partial charge on any atom is 0.389 e. The molecule has 0 spiro atoms. The highest BCUT2D eigenvalue weighted by Crippen LogP contribution is 2.05. The molecule has 0 bridgehead atoms. The van der Waals surface area contributed by atoms with E-state index in [1.165, 1.54) is 13.0 Å². The highest BCUT2D eigenvalue weighted by atomic mass is 16.6. The van der Waals surface area contributed by atoms with Gasteiger partial charge in [0.05, 0.1) is 6.61 Å². The summed E-state index contributed by atoms with van der Waals surface area (Å²) in [4.78, 5) is 32.9. The van der Waals surface area contributed by atoms with Crippen molar-refractivity contribution < 1.29 is 19.2 Å². The topological polar surface area (TPSA) is 86.5 Å². The fourth-order valence-electron chi connectivity index (χ4n) is 1.54. The number of allylic oxidation sites excluding steroid dienone is 1. The third-order valence-electron chi connectivity index (χ3n) is 2.45. The largest absolute Gasteiger partial charge is 0.461 e. The van der Waals surface area contributed by atoms with Crippen LogP contribution >= 0.6 is 0 Å². The molecule has 0 aliphatic rings. The van der Waals surface area contributed by atoms with Gasteiger partial charge in [-0.3, -0.25) is 14.9 Å². The summed E-state index contributed by atoms with van der Waals surface area (Å²) in [6.45, 7) is 1.52. The zero-order valence-corrected chi connectivity index (χ0v) is 11.0. The van der Waals surface area contributed by atoms with Gasteiger partial charge in [-0.1, -0.05) is 42.5 Å². The van der Waals surface area contributed by atoms with E-state index in [1.54, 1.807) is 6.08 Å². The molecule has 0 amide bonds. The van der Waals surface area contributed by atoms with Crippen molar-refractivity contribution >= 4 is 17.8 Å². The van der Waals surface area contributed by atoms with E-state index >= 15 is 0 Å². The van der Waals surface area contributed by atoms with Crippen molar-refractivity contribution in [2.75, 3.05) is 6.61 Å². The molecule has 0 aliphatic heterocycles. The fraction of sp³-hybridized carbons (Fsp3) is 0.286. The number of nitro groups is 1. The molecule has 0 fully saturated rings. The van der Waals surface area contributed by atoms with Crippen molar-refractivity contribution in [3.05, 3.63) is 52.1 Å². The standard InChI is InChI=1S/C14H15NO5/c1-2-20-14(17)13(15(18)19)12(16)10-6-9-11-7-4-3-5-8-11/h3-9,13H,2,10H2,1H3. The Morgan fingerprint density at radius 1 is 1.35 bits per heavy atom. The lowest BCUT2D eigenvalue weighted by Gasteiger charge is -2.06. The molecule has 0 heterocycles. The van der Waals surface area contributed by atoms with Gasteiger partial charge < -0.3 is 4.74 Å². The van der Waals surface area contributed by atoms with Gasteiger partial charge in [0.1, 0.15) is 0 Å². The molecular weight excluding hydrogens is 262 g/mol. The van der Waals surface area contributed by atoms with Crippen LogP contribution in [0.2, 0.25) is 0 Å². The molecule has 1 aromatic rings. The minimum absolute atomic E-state index is 0.00366. The van der Waals surface area contributed by atoms with Crippen LogP contribution in [-0.4, -0.2) is 29.3 Å². The summed E-state index contributed by atoms with van der Waals surface area (Å²) in [5.74, 6) is -1.91. The van der Waals surface area contributed by atoms with Gasteiger partial charge in [-0.25, -0.2) is 4.79 Å². The van der Waals surface area contributed by atoms with Crippen molar-refractivity contribution in [1.29, 1.82) is 0 Å². The first-order valence-electron chi connectivity index (χ1n) is 6.10. The van der Waals surface area contributed by atoms with Crippen LogP contribution in [0.1, 0.15) is 18.9 Å². The van der Waals surface area contributed by atoms with Gasteiger partial charge in [0, 0.05) is 11.3 Å². The number of carbonyl (C=O) groups is 2. The van der Waals surface area contributed by atoms with Crippen LogP contribution in [0.3, 0.4) is 0 Å². The Hall–Kier alpha value is -2.50. The first-order chi connectivity index (χ1) is 9.56. The summed E-state index contributed by atoms with van der Waals surface area (Å²) >= 11 is 0. The predicted molar refractivity (Wildman–Crippen MR) is 72.5 cm³/mol. The molecular formula is C14H15NO5. The van der Waals surface area contributed by atoms with E-state index in [-0.39, 0.29) is 13.0 Å². The third kappa shape index (κ3) is 4.64. The predicted octanol–water partition coefficient (Wildman–Crippen LogP) is 1.87. The van der Waals surface area contributed by atoms with Crippen molar-refractivity contribution in [3.8, 4) is 0 Å². The molecule has 106 valence electrons. The van der Waals surface area contributed by atoms with Gasteiger partial charge in [-0.05, 0) is 12.5 Å². The maximum absolute atomic E-state index is 11.7. The Labute approximate surface area is 116 Å². The lowest BCUT2D eigenvalue weighted by Crippen LogP contribution is -2.38. The molecule has 1 unspecified atom stereocenters. The fourth-order valence-corrected chi connectivity index (χ4v) is 1.54. The van der Waals surface area contributed by atoms with Crippen molar-refractivity contribution in [2.24, 2.45) is 0 Å². The Kier molecular flexibility index (Phi) is 6.09. The maximum atomic E-state index is 11.7. The highest BCUT2D eigenvalue weighted by Gasteiger charge is 2.38. The van der Waals surface area contributed by atoms with E-state index in [9.17, 15) is 19.7 Å². The number of rotatable bonds is 7. The van der Waals surface area contributed by atoms with E-state index in [2.05, 4.69) is 4.74 Å². The SMILES string of the molecule is CCOC(=O)C(C(=O)CC=Cc1ccccc1)[N+](=O)[O-].